The summed E-state index contributed by atoms with van der Waals surface area (Å²) in [5.74, 6) is -0.0101. The molecule has 0 saturated carbocycles. The molecule has 104 valence electrons. The maximum Gasteiger partial charge on any atom is 0.195 e. The van der Waals surface area contributed by atoms with Gasteiger partial charge in [-0.3, -0.25) is 4.79 Å². The van der Waals surface area contributed by atoms with Crippen molar-refractivity contribution in [3.05, 3.63) is 77.1 Å². The fourth-order valence-electron chi connectivity index (χ4n) is 2.32. The lowest BCUT2D eigenvalue weighted by atomic mass is 9.97. The number of ketones is 1. The molecule has 3 rings (SSSR count). The van der Waals surface area contributed by atoms with Crippen molar-refractivity contribution < 1.29 is 4.79 Å². The van der Waals surface area contributed by atoms with E-state index < -0.39 is 0 Å². The predicted octanol–water partition coefficient (Wildman–Crippen LogP) is 3.12. The Hall–Kier alpha value is -2.75. The fraction of sp³-hybridized carbons (Fsp3) is 0.118. The molecule has 4 heteroatoms. The van der Waals surface area contributed by atoms with E-state index in [9.17, 15) is 4.79 Å². The molecule has 0 aliphatic carbocycles. The molecule has 0 N–H and O–H groups in total. The van der Waals surface area contributed by atoms with Crippen molar-refractivity contribution in [1.82, 2.24) is 15.0 Å². The zero-order valence-electron chi connectivity index (χ0n) is 11.9. The molecule has 0 aliphatic heterocycles. The normalized spacial score (nSPS) is 10.6. The van der Waals surface area contributed by atoms with E-state index >= 15 is 0 Å². The molecular weight excluding hydrogens is 262 g/mol. The predicted molar refractivity (Wildman–Crippen MR) is 80.7 cm³/mol. The second kappa shape index (κ2) is 5.32. The van der Waals surface area contributed by atoms with Gasteiger partial charge in [0.2, 0.25) is 0 Å². The number of hydrogen-bond acceptors (Lipinski definition) is 3. The summed E-state index contributed by atoms with van der Waals surface area (Å²) in [6, 6.07) is 13.3. The maximum atomic E-state index is 12.9. The highest BCUT2D eigenvalue weighted by Gasteiger charge is 2.17. The summed E-state index contributed by atoms with van der Waals surface area (Å²) in [7, 11) is 0. The third-order valence-corrected chi connectivity index (χ3v) is 3.42. The van der Waals surface area contributed by atoms with Crippen molar-refractivity contribution in [3.63, 3.8) is 0 Å². The lowest BCUT2D eigenvalue weighted by molar-refractivity contribution is 0.103. The van der Waals surface area contributed by atoms with Crippen molar-refractivity contribution in [3.8, 4) is 5.69 Å². The van der Waals surface area contributed by atoms with E-state index in [2.05, 4.69) is 10.2 Å². The van der Waals surface area contributed by atoms with Gasteiger partial charge >= 0.3 is 0 Å². The summed E-state index contributed by atoms with van der Waals surface area (Å²) in [6.07, 6.45) is 3.20. The molecule has 1 heterocycles. The second-order valence-electron chi connectivity index (χ2n) is 4.98. The van der Waals surface area contributed by atoms with Gasteiger partial charge < -0.3 is 0 Å². The average molecular weight is 277 g/mol. The Morgan fingerprint density at radius 2 is 1.67 bits per heavy atom. The Kier molecular flexibility index (Phi) is 3.36. The maximum absolute atomic E-state index is 12.9. The van der Waals surface area contributed by atoms with Crippen LogP contribution in [-0.2, 0) is 0 Å². The minimum atomic E-state index is -0.0101. The van der Waals surface area contributed by atoms with E-state index in [4.69, 9.17) is 0 Å². The highest BCUT2D eigenvalue weighted by molar-refractivity contribution is 6.12. The first-order valence-electron chi connectivity index (χ1n) is 6.74. The SMILES string of the molecule is Cc1ccc(-n2nccn2)c(C(=O)c2ccccc2C)c1. The molecule has 0 unspecified atom stereocenters. The van der Waals surface area contributed by atoms with Crippen molar-refractivity contribution in [1.29, 1.82) is 0 Å². The quantitative estimate of drug-likeness (QED) is 0.691. The van der Waals surface area contributed by atoms with Crippen LogP contribution in [-0.4, -0.2) is 20.8 Å². The number of aryl methyl sites for hydroxylation is 2. The van der Waals surface area contributed by atoms with Gasteiger partial charge in [-0.25, -0.2) is 0 Å². The lowest BCUT2D eigenvalue weighted by Gasteiger charge is -2.10. The molecule has 0 radical (unpaired) electrons. The van der Waals surface area contributed by atoms with Crippen LogP contribution < -0.4 is 0 Å². The zero-order valence-corrected chi connectivity index (χ0v) is 11.9. The van der Waals surface area contributed by atoms with Crippen LogP contribution in [0.4, 0.5) is 0 Å². The highest BCUT2D eigenvalue weighted by atomic mass is 16.1. The Labute approximate surface area is 123 Å². The van der Waals surface area contributed by atoms with Gasteiger partial charge in [-0.2, -0.15) is 15.0 Å². The molecular formula is C17H15N3O. The van der Waals surface area contributed by atoms with Crippen LogP contribution in [0, 0.1) is 13.8 Å². The first-order chi connectivity index (χ1) is 10.2. The number of rotatable bonds is 3. The number of benzene rings is 2. The van der Waals surface area contributed by atoms with Gasteiger partial charge in [0, 0.05) is 5.56 Å². The Balaban J connectivity index is 2.16. The average Bonchev–Trinajstić information content (AvgIpc) is 3.01. The van der Waals surface area contributed by atoms with Gasteiger partial charge in [0.25, 0.3) is 0 Å². The van der Waals surface area contributed by atoms with Crippen LogP contribution in [0.2, 0.25) is 0 Å². The smallest absolute Gasteiger partial charge is 0.195 e. The number of carbonyl (C=O) groups excluding carboxylic acids is 1. The van der Waals surface area contributed by atoms with Gasteiger partial charge in [0.15, 0.2) is 5.78 Å². The van der Waals surface area contributed by atoms with E-state index in [0.717, 1.165) is 11.1 Å². The summed E-state index contributed by atoms with van der Waals surface area (Å²) in [5.41, 5.74) is 4.00. The molecule has 0 bridgehead atoms. The van der Waals surface area contributed by atoms with Gasteiger partial charge in [0.1, 0.15) is 0 Å². The molecule has 3 aromatic rings. The molecule has 0 saturated heterocycles. The van der Waals surface area contributed by atoms with Gasteiger partial charge in [-0.15, -0.1) is 0 Å². The van der Waals surface area contributed by atoms with E-state index in [1.165, 1.54) is 4.80 Å². The van der Waals surface area contributed by atoms with Crippen LogP contribution in [0.15, 0.2) is 54.9 Å². The third-order valence-electron chi connectivity index (χ3n) is 3.42. The van der Waals surface area contributed by atoms with Crippen molar-refractivity contribution in [2.45, 2.75) is 13.8 Å². The topological polar surface area (TPSA) is 47.8 Å². The van der Waals surface area contributed by atoms with Crippen LogP contribution >= 0.6 is 0 Å². The van der Waals surface area contributed by atoms with Crippen molar-refractivity contribution >= 4 is 5.78 Å². The standard InChI is InChI=1S/C17H15N3O/c1-12-7-8-16(20-18-9-10-19-20)15(11-12)17(21)14-6-4-3-5-13(14)2/h3-11H,1-2H3. The molecule has 1 aromatic heterocycles. The largest absolute Gasteiger partial charge is 0.289 e. The molecule has 0 aliphatic rings. The van der Waals surface area contributed by atoms with Crippen LogP contribution in [0.3, 0.4) is 0 Å². The Morgan fingerprint density at radius 3 is 2.38 bits per heavy atom. The molecule has 0 fully saturated rings. The molecule has 0 amide bonds. The number of carbonyl (C=O) groups is 1. The first-order valence-corrected chi connectivity index (χ1v) is 6.74. The summed E-state index contributed by atoms with van der Waals surface area (Å²) < 4.78 is 0. The second-order valence-corrected chi connectivity index (χ2v) is 4.98. The van der Waals surface area contributed by atoms with E-state index in [0.29, 0.717) is 16.8 Å². The third kappa shape index (κ3) is 2.48. The van der Waals surface area contributed by atoms with E-state index in [1.807, 2.05) is 56.3 Å². The minimum Gasteiger partial charge on any atom is -0.289 e. The summed E-state index contributed by atoms with van der Waals surface area (Å²) in [4.78, 5) is 14.3. The highest BCUT2D eigenvalue weighted by Crippen LogP contribution is 2.20. The van der Waals surface area contributed by atoms with Crippen LogP contribution in [0.5, 0.6) is 0 Å². The lowest BCUT2D eigenvalue weighted by Crippen LogP contribution is -2.11. The van der Waals surface area contributed by atoms with Gasteiger partial charge in [-0.1, -0.05) is 35.9 Å². The minimum absolute atomic E-state index is 0.0101. The van der Waals surface area contributed by atoms with Gasteiger partial charge in [-0.05, 0) is 31.5 Å². The summed E-state index contributed by atoms with van der Waals surface area (Å²) >= 11 is 0. The Bertz CT molecular complexity index is 792. The van der Waals surface area contributed by atoms with Crippen molar-refractivity contribution in [2.24, 2.45) is 0 Å². The van der Waals surface area contributed by atoms with Crippen molar-refractivity contribution in [2.75, 3.05) is 0 Å². The molecule has 0 atom stereocenters. The summed E-state index contributed by atoms with van der Waals surface area (Å²) in [5, 5.41) is 8.26. The fourth-order valence-corrected chi connectivity index (χ4v) is 2.32. The van der Waals surface area contributed by atoms with E-state index in [-0.39, 0.29) is 5.78 Å². The summed E-state index contributed by atoms with van der Waals surface area (Å²) in [6.45, 7) is 3.91. The van der Waals surface area contributed by atoms with Gasteiger partial charge in [0.05, 0.1) is 23.6 Å². The molecule has 21 heavy (non-hydrogen) atoms. The molecule has 4 nitrogen and oxygen atoms in total. The Morgan fingerprint density at radius 1 is 0.952 bits per heavy atom. The number of aromatic nitrogens is 3. The first kappa shape index (κ1) is 13.2. The molecule has 0 spiro atoms. The molecule has 2 aromatic carbocycles. The number of nitrogens with zero attached hydrogens (tertiary/aromatic N) is 3. The zero-order chi connectivity index (χ0) is 14.8. The van der Waals surface area contributed by atoms with Crippen LogP contribution in [0.25, 0.3) is 5.69 Å². The number of hydrogen-bond donors (Lipinski definition) is 0. The monoisotopic (exact) mass is 277 g/mol. The van der Waals surface area contributed by atoms with Crippen LogP contribution in [0.1, 0.15) is 27.0 Å². The van der Waals surface area contributed by atoms with E-state index in [1.54, 1.807) is 12.4 Å².